The lowest BCUT2D eigenvalue weighted by atomic mass is 9.99. The van der Waals surface area contributed by atoms with E-state index in [4.69, 9.17) is 11.1 Å². The predicted molar refractivity (Wildman–Crippen MR) is 102 cm³/mol. The Morgan fingerprint density at radius 3 is 2.42 bits per heavy atom. The van der Waals surface area contributed by atoms with E-state index >= 15 is 0 Å². The number of hydrogen-bond donors (Lipinski definition) is 2. The van der Waals surface area contributed by atoms with Gasteiger partial charge in [0.25, 0.3) is 0 Å². The van der Waals surface area contributed by atoms with E-state index in [0.29, 0.717) is 11.1 Å². The molecule has 4 aromatic rings. The van der Waals surface area contributed by atoms with Gasteiger partial charge < -0.3 is 5.73 Å². The van der Waals surface area contributed by atoms with Crippen LogP contribution in [0.15, 0.2) is 73.1 Å². The Kier molecular flexibility index (Phi) is 3.71. The second-order valence-electron chi connectivity index (χ2n) is 5.94. The van der Waals surface area contributed by atoms with E-state index < -0.39 is 0 Å². The summed E-state index contributed by atoms with van der Waals surface area (Å²) in [6.45, 7) is 0. The van der Waals surface area contributed by atoms with Crippen LogP contribution in [0.1, 0.15) is 11.1 Å². The van der Waals surface area contributed by atoms with Crippen molar-refractivity contribution in [1.29, 1.82) is 10.7 Å². The SMILES string of the molecule is N#Cc1cc(-c2ccc(C(=N)N)cc2)c2c(c1)ncn2-c1ccccc1. The molecule has 3 aromatic carbocycles. The summed E-state index contributed by atoms with van der Waals surface area (Å²) in [5.74, 6) is 0.0294. The highest BCUT2D eigenvalue weighted by molar-refractivity contribution is 5.97. The van der Waals surface area contributed by atoms with E-state index in [1.54, 1.807) is 12.4 Å². The van der Waals surface area contributed by atoms with Gasteiger partial charge >= 0.3 is 0 Å². The van der Waals surface area contributed by atoms with Gasteiger partial charge in [0.1, 0.15) is 12.2 Å². The van der Waals surface area contributed by atoms with E-state index in [2.05, 4.69) is 11.1 Å². The molecule has 5 nitrogen and oxygen atoms in total. The fraction of sp³-hybridized carbons (Fsp3) is 0. The van der Waals surface area contributed by atoms with Crippen LogP contribution in [0.3, 0.4) is 0 Å². The molecule has 0 radical (unpaired) electrons. The Hall–Kier alpha value is -3.91. The van der Waals surface area contributed by atoms with Gasteiger partial charge in [-0.2, -0.15) is 5.26 Å². The first kappa shape index (κ1) is 15.6. The summed E-state index contributed by atoms with van der Waals surface area (Å²) in [5.41, 5.74) is 11.3. The van der Waals surface area contributed by atoms with Gasteiger partial charge in [0, 0.05) is 16.8 Å². The Bertz CT molecular complexity index is 1150. The first-order valence-electron chi connectivity index (χ1n) is 8.09. The molecule has 4 rings (SSSR count). The zero-order valence-corrected chi connectivity index (χ0v) is 13.8. The summed E-state index contributed by atoms with van der Waals surface area (Å²) in [5, 5.41) is 16.9. The molecule has 5 heteroatoms. The van der Waals surface area contributed by atoms with Crippen LogP contribution in [0.2, 0.25) is 0 Å². The van der Waals surface area contributed by atoms with Gasteiger partial charge in [-0.05, 0) is 29.8 Å². The Morgan fingerprint density at radius 2 is 1.77 bits per heavy atom. The van der Waals surface area contributed by atoms with Gasteiger partial charge in [0.15, 0.2) is 0 Å². The van der Waals surface area contributed by atoms with Crippen LogP contribution in [-0.2, 0) is 0 Å². The van der Waals surface area contributed by atoms with Crippen molar-refractivity contribution in [1.82, 2.24) is 9.55 Å². The highest BCUT2D eigenvalue weighted by Crippen LogP contribution is 2.31. The van der Waals surface area contributed by atoms with Gasteiger partial charge in [0.05, 0.1) is 22.7 Å². The van der Waals surface area contributed by atoms with E-state index in [-0.39, 0.29) is 5.84 Å². The average Bonchev–Trinajstić information content (AvgIpc) is 3.12. The minimum Gasteiger partial charge on any atom is -0.384 e. The van der Waals surface area contributed by atoms with E-state index in [0.717, 1.165) is 27.8 Å². The van der Waals surface area contributed by atoms with Gasteiger partial charge in [0.2, 0.25) is 0 Å². The molecule has 0 aliphatic heterocycles. The van der Waals surface area contributed by atoms with Crippen molar-refractivity contribution in [3.63, 3.8) is 0 Å². The van der Waals surface area contributed by atoms with E-state index in [1.165, 1.54) is 0 Å². The summed E-state index contributed by atoms with van der Waals surface area (Å²) in [6, 6.07) is 23.3. The maximum absolute atomic E-state index is 9.38. The second kappa shape index (κ2) is 6.19. The van der Waals surface area contributed by atoms with E-state index in [1.807, 2.05) is 65.2 Å². The number of nitrogens with one attached hydrogen (secondary N) is 1. The van der Waals surface area contributed by atoms with Crippen molar-refractivity contribution < 1.29 is 0 Å². The molecule has 0 amide bonds. The van der Waals surface area contributed by atoms with E-state index in [9.17, 15) is 5.26 Å². The Morgan fingerprint density at radius 1 is 1.04 bits per heavy atom. The van der Waals surface area contributed by atoms with Crippen molar-refractivity contribution in [3.8, 4) is 22.9 Å². The molecule has 0 unspecified atom stereocenters. The molecule has 0 atom stereocenters. The number of nitriles is 1. The molecule has 0 spiro atoms. The molecular weight excluding hydrogens is 322 g/mol. The lowest BCUT2D eigenvalue weighted by molar-refractivity contribution is 1.09. The minimum absolute atomic E-state index is 0.0294. The number of nitrogens with zero attached hydrogens (tertiary/aromatic N) is 3. The van der Waals surface area contributed by atoms with Crippen molar-refractivity contribution in [2.75, 3.05) is 0 Å². The minimum atomic E-state index is 0.0294. The van der Waals surface area contributed by atoms with Crippen LogP contribution >= 0.6 is 0 Å². The topological polar surface area (TPSA) is 91.5 Å². The number of imidazole rings is 1. The molecule has 0 bridgehead atoms. The molecule has 1 aromatic heterocycles. The molecule has 0 aliphatic rings. The maximum atomic E-state index is 9.38. The van der Waals surface area contributed by atoms with Crippen molar-refractivity contribution in [2.45, 2.75) is 0 Å². The van der Waals surface area contributed by atoms with Crippen LogP contribution in [0, 0.1) is 16.7 Å². The van der Waals surface area contributed by atoms with Crippen molar-refractivity contribution >= 4 is 16.9 Å². The molecule has 26 heavy (non-hydrogen) atoms. The molecule has 0 aliphatic carbocycles. The number of aromatic nitrogens is 2. The fourth-order valence-electron chi connectivity index (χ4n) is 3.05. The third-order valence-corrected chi connectivity index (χ3v) is 4.31. The molecular formula is C21H15N5. The number of rotatable bonds is 3. The third-order valence-electron chi connectivity index (χ3n) is 4.31. The van der Waals surface area contributed by atoms with Gasteiger partial charge in [-0.25, -0.2) is 4.98 Å². The largest absolute Gasteiger partial charge is 0.384 e. The summed E-state index contributed by atoms with van der Waals surface area (Å²) in [7, 11) is 0. The Labute approximate surface area is 150 Å². The number of amidine groups is 1. The summed E-state index contributed by atoms with van der Waals surface area (Å²) < 4.78 is 2.02. The summed E-state index contributed by atoms with van der Waals surface area (Å²) in [4.78, 5) is 4.49. The highest BCUT2D eigenvalue weighted by Gasteiger charge is 2.13. The second-order valence-corrected chi connectivity index (χ2v) is 5.94. The van der Waals surface area contributed by atoms with Gasteiger partial charge in [-0.15, -0.1) is 0 Å². The zero-order chi connectivity index (χ0) is 18.1. The monoisotopic (exact) mass is 337 g/mol. The smallest absolute Gasteiger partial charge is 0.122 e. The number of hydrogen-bond acceptors (Lipinski definition) is 3. The lowest BCUT2D eigenvalue weighted by Gasteiger charge is -2.10. The number of benzene rings is 3. The zero-order valence-electron chi connectivity index (χ0n) is 13.8. The van der Waals surface area contributed by atoms with Crippen LogP contribution in [0.25, 0.3) is 27.8 Å². The standard InChI is InChI=1S/C21H15N5/c22-12-14-10-18(15-6-8-16(9-7-15)21(23)24)20-19(11-14)25-13-26(20)17-4-2-1-3-5-17/h1-11,13H,(H3,23,24). The predicted octanol–water partition coefficient (Wildman–Crippen LogP) is 3.85. The molecule has 0 fully saturated rings. The molecule has 0 saturated heterocycles. The van der Waals surface area contributed by atoms with Crippen molar-refractivity contribution in [3.05, 3.63) is 84.2 Å². The normalized spacial score (nSPS) is 10.6. The van der Waals surface area contributed by atoms with Crippen LogP contribution in [-0.4, -0.2) is 15.4 Å². The van der Waals surface area contributed by atoms with Crippen LogP contribution in [0.5, 0.6) is 0 Å². The maximum Gasteiger partial charge on any atom is 0.122 e. The first-order chi connectivity index (χ1) is 12.7. The summed E-state index contributed by atoms with van der Waals surface area (Å²) >= 11 is 0. The fourth-order valence-corrected chi connectivity index (χ4v) is 3.05. The van der Waals surface area contributed by atoms with Gasteiger partial charge in [-0.1, -0.05) is 42.5 Å². The quantitative estimate of drug-likeness (QED) is 0.439. The van der Waals surface area contributed by atoms with Crippen molar-refractivity contribution in [2.24, 2.45) is 5.73 Å². The molecule has 3 N–H and O–H groups in total. The van der Waals surface area contributed by atoms with Crippen LogP contribution < -0.4 is 5.73 Å². The number of fused-ring (bicyclic) bond motifs is 1. The van der Waals surface area contributed by atoms with Gasteiger partial charge in [-0.3, -0.25) is 9.98 Å². The number of para-hydroxylation sites is 1. The van der Waals surface area contributed by atoms with Crippen LogP contribution in [0.4, 0.5) is 0 Å². The molecule has 0 saturated carbocycles. The average molecular weight is 337 g/mol. The molecule has 124 valence electrons. The third kappa shape index (κ3) is 2.60. The highest BCUT2D eigenvalue weighted by atomic mass is 15.0. The number of nitrogen functional groups attached to an aromatic ring is 1. The Balaban J connectivity index is 1.99. The first-order valence-corrected chi connectivity index (χ1v) is 8.09. The number of nitrogens with two attached hydrogens (primary N) is 1. The summed E-state index contributed by atoms with van der Waals surface area (Å²) in [6.07, 6.45) is 1.77. The molecule has 1 heterocycles. The lowest BCUT2D eigenvalue weighted by Crippen LogP contribution is -2.10.